The number of benzene rings is 2. The van der Waals surface area contributed by atoms with Gasteiger partial charge in [0, 0.05) is 18.0 Å². The van der Waals surface area contributed by atoms with Crippen molar-refractivity contribution in [1.29, 1.82) is 0 Å². The Bertz CT molecular complexity index is 1190. The third kappa shape index (κ3) is 5.26. The summed E-state index contributed by atoms with van der Waals surface area (Å²) in [5, 5.41) is 2.55. The first kappa shape index (κ1) is 22.4. The molecule has 3 aromatic rings. The van der Waals surface area contributed by atoms with Gasteiger partial charge in [-0.1, -0.05) is 12.1 Å². The molecule has 2 aromatic carbocycles. The van der Waals surface area contributed by atoms with Crippen molar-refractivity contribution in [2.45, 2.75) is 17.1 Å². The van der Waals surface area contributed by atoms with Gasteiger partial charge in [0.1, 0.15) is 11.5 Å². The molecule has 10 heteroatoms. The molecule has 0 bridgehead atoms. The first-order chi connectivity index (χ1) is 14.5. The molecule has 0 aliphatic carbocycles. The second kappa shape index (κ2) is 8.46. The quantitative estimate of drug-likeness (QED) is 0.590. The van der Waals surface area contributed by atoms with Gasteiger partial charge in [0.25, 0.3) is 5.91 Å². The highest BCUT2D eigenvalue weighted by Crippen LogP contribution is 2.31. The van der Waals surface area contributed by atoms with Crippen LogP contribution in [-0.4, -0.2) is 25.6 Å². The van der Waals surface area contributed by atoms with Crippen molar-refractivity contribution in [2.75, 3.05) is 6.26 Å². The fraction of sp³-hybridized carbons (Fsp3) is 0.143. The smallest absolute Gasteiger partial charge is 0.339 e. The predicted octanol–water partition coefficient (Wildman–Crippen LogP) is 4.16. The van der Waals surface area contributed by atoms with Crippen LogP contribution in [0.4, 0.5) is 17.6 Å². The van der Waals surface area contributed by atoms with Gasteiger partial charge >= 0.3 is 6.18 Å². The largest absolute Gasteiger partial charge is 0.416 e. The van der Waals surface area contributed by atoms with Gasteiger partial charge in [-0.05, 0) is 54.1 Å². The topological polar surface area (TPSA) is 76.1 Å². The van der Waals surface area contributed by atoms with E-state index in [1.807, 2.05) is 0 Å². The second-order valence-electron chi connectivity index (χ2n) is 6.69. The van der Waals surface area contributed by atoms with Crippen LogP contribution in [0.2, 0.25) is 0 Å². The number of pyridine rings is 1. The fourth-order valence-corrected chi connectivity index (χ4v) is 3.48. The van der Waals surface area contributed by atoms with Crippen LogP contribution in [0.25, 0.3) is 0 Å². The highest BCUT2D eigenvalue weighted by molar-refractivity contribution is 7.90. The highest BCUT2D eigenvalue weighted by atomic mass is 32.2. The third-order valence-corrected chi connectivity index (χ3v) is 5.58. The number of nitrogens with zero attached hydrogens (tertiary/aromatic N) is 1. The third-order valence-electron chi connectivity index (χ3n) is 4.45. The van der Waals surface area contributed by atoms with Crippen molar-refractivity contribution in [3.05, 3.63) is 95.1 Å². The number of hydrogen-bond acceptors (Lipinski definition) is 4. The minimum Gasteiger partial charge on any atom is -0.339 e. The molecule has 0 aliphatic heterocycles. The van der Waals surface area contributed by atoms with E-state index in [1.54, 1.807) is 0 Å². The number of carbonyl (C=O) groups excluding carboxylic acids is 1. The molecule has 0 fully saturated rings. The molecule has 3 rings (SSSR count). The van der Waals surface area contributed by atoms with Crippen molar-refractivity contribution in [1.82, 2.24) is 10.3 Å². The molecule has 0 aliphatic rings. The number of rotatable bonds is 5. The van der Waals surface area contributed by atoms with Crippen molar-refractivity contribution in [3.8, 4) is 0 Å². The number of carbonyl (C=O) groups is 1. The van der Waals surface area contributed by atoms with Crippen LogP contribution < -0.4 is 5.32 Å². The minimum atomic E-state index is -4.55. The van der Waals surface area contributed by atoms with E-state index >= 15 is 0 Å². The number of aromatic nitrogens is 1. The maximum Gasteiger partial charge on any atom is 0.416 e. The molecule has 0 saturated carbocycles. The highest BCUT2D eigenvalue weighted by Gasteiger charge is 2.31. The standard InChI is InChI=1S/C21H16F4N2O3S/c1-31(29,30)16-10-6-14(7-11-16)20(28)27-18(19-17(22)3-2-12-26-19)13-4-8-15(9-5-13)21(23,24)25/h2-12,18H,1H3,(H,27,28)/t18-/m0/s1. The summed E-state index contributed by atoms with van der Waals surface area (Å²) in [6.07, 6.45) is -2.23. The summed E-state index contributed by atoms with van der Waals surface area (Å²) in [5.74, 6) is -1.44. The number of hydrogen-bond donors (Lipinski definition) is 1. The lowest BCUT2D eigenvalue weighted by Crippen LogP contribution is -2.30. The molecule has 5 nitrogen and oxygen atoms in total. The first-order valence-corrected chi connectivity index (χ1v) is 10.7. The van der Waals surface area contributed by atoms with Crippen LogP contribution in [0.5, 0.6) is 0 Å². The molecule has 1 aromatic heterocycles. The zero-order valence-corrected chi connectivity index (χ0v) is 16.8. The number of amides is 1. The van der Waals surface area contributed by atoms with E-state index in [4.69, 9.17) is 0 Å². The van der Waals surface area contributed by atoms with Crippen LogP contribution in [0.1, 0.15) is 33.2 Å². The number of sulfone groups is 1. The van der Waals surface area contributed by atoms with Gasteiger partial charge in [-0.3, -0.25) is 9.78 Å². The van der Waals surface area contributed by atoms with E-state index in [9.17, 15) is 30.8 Å². The molecule has 0 radical (unpaired) electrons. The van der Waals surface area contributed by atoms with Gasteiger partial charge in [0.05, 0.1) is 16.5 Å². The Morgan fingerprint density at radius 1 is 1.00 bits per heavy atom. The molecular formula is C21H16F4N2O3S. The summed E-state index contributed by atoms with van der Waals surface area (Å²) in [5.41, 5.74) is -0.796. The fourth-order valence-electron chi connectivity index (χ4n) is 2.85. The molecule has 1 heterocycles. The molecule has 31 heavy (non-hydrogen) atoms. The van der Waals surface area contributed by atoms with Gasteiger partial charge in [0.15, 0.2) is 9.84 Å². The van der Waals surface area contributed by atoms with Gasteiger partial charge < -0.3 is 5.32 Å². The lowest BCUT2D eigenvalue weighted by Gasteiger charge is -2.20. The molecule has 1 amide bonds. The van der Waals surface area contributed by atoms with Crippen LogP contribution in [-0.2, 0) is 16.0 Å². The average molecular weight is 452 g/mol. The van der Waals surface area contributed by atoms with Gasteiger partial charge in [-0.25, -0.2) is 12.8 Å². The first-order valence-electron chi connectivity index (χ1n) is 8.85. The van der Waals surface area contributed by atoms with E-state index in [0.29, 0.717) is 0 Å². The summed E-state index contributed by atoms with van der Waals surface area (Å²) < 4.78 is 76.1. The van der Waals surface area contributed by atoms with Crippen molar-refractivity contribution in [2.24, 2.45) is 0 Å². The maximum absolute atomic E-state index is 14.4. The molecule has 1 atom stereocenters. The molecule has 0 unspecified atom stereocenters. The Morgan fingerprint density at radius 3 is 2.13 bits per heavy atom. The van der Waals surface area contributed by atoms with Crippen LogP contribution >= 0.6 is 0 Å². The summed E-state index contributed by atoms with van der Waals surface area (Å²) in [6.45, 7) is 0. The van der Waals surface area contributed by atoms with Crippen molar-refractivity contribution >= 4 is 15.7 Å². The second-order valence-corrected chi connectivity index (χ2v) is 8.71. The van der Waals surface area contributed by atoms with E-state index in [-0.39, 0.29) is 21.7 Å². The predicted molar refractivity (Wildman–Crippen MR) is 105 cm³/mol. The summed E-state index contributed by atoms with van der Waals surface area (Å²) >= 11 is 0. The maximum atomic E-state index is 14.4. The number of halogens is 4. The Hall–Kier alpha value is -3.27. The van der Waals surface area contributed by atoms with Gasteiger partial charge in [0.2, 0.25) is 0 Å². The number of nitrogens with one attached hydrogen (secondary N) is 1. The zero-order valence-electron chi connectivity index (χ0n) is 16.0. The van der Waals surface area contributed by atoms with E-state index < -0.39 is 39.3 Å². The Morgan fingerprint density at radius 2 is 1.61 bits per heavy atom. The van der Waals surface area contributed by atoms with Crippen LogP contribution in [0.15, 0.2) is 71.8 Å². The van der Waals surface area contributed by atoms with Crippen LogP contribution in [0, 0.1) is 5.82 Å². The molecule has 1 N–H and O–H groups in total. The van der Waals surface area contributed by atoms with Crippen molar-refractivity contribution in [3.63, 3.8) is 0 Å². The molecule has 0 spiro atoms. The zero-order chi connectivity index (χ0) is 22.8. The summed E-state index contributed by atoms with van der Waals surface area (Å²) in [4.78, 5) is 16.7. The summed E-state index contributed by atoms with van der Waals surface area (Å²) in [7, 11) is -3.46. The van der Waals surface area contributed by atoms with E-state index in [0.717, 1.165) is 36.6 Å². The van der Waals surface area contributed by atoms with E-state index in [1.165, 1.54) is 36.5 Å². The monoisotopic (exact) mass is 452 g/mol. The summed E-state index contributed by atoms with van der Waals surface area (Å²) in [6, 6.07) is 10.3. The van der Waals surface area contributed by atoms with Gasteiger partial charge in [-0.15, -0.1) is 0 Å². The lowest BCUT2D eigenvalue weighted by atomic mass is 10.00. The Kier molecular flexibility index (Phi) is 6.12. The van der Waals surface area contributed by atoms with Gasteiger partial charge in [-0.2, -0.15) is 13.2 Å². The minimum absolute atomic E-state index is 0.0131. The SMILES string of the molecule is CS(=O)(=O)c1ccc(C(=O)N[C@@H](c2ccc(C(F)(F)F)cc2)c2ncccc2F)cc1. The van der Waals surface area contributed by atoms with Crippen LogP contribution in [0.3, 0.4) is 0 Å². The average Bonchev–Trinajstić information content (AvgIpc) is 2.71. The Balaban J connectivity index is 1.96. The molecule has 162 valence electrons. The number of alkyl halides is 3. The molecular weight excluding hydrogens is 436 g/mol. The lowest BCUT2D eigenvalue weighted by molar-refractivity contribution is -0.137. The normalized spacial score (nSPS) is 12.9. The van der Waals surface area contributed by atoms with E-state index in [2.05, 4.69) is 10.3 Å². The molecule has 0 saturated heterocycles. The van der Waals surface area contributed by atoms with Crippen molar-refractivity contribution < 1.29 is 30.8 Å². The Labute approximate surface area is 175 Å².